The third kappa shape index (κ3) is 4.84. The second-order valence-electron chi connectivity index (χ2n) is 4.63. The van der Waals surface area contributed by atoms with Crippen LogP contribution < -0.4 is 10.6 Å². The first-order chi connectivity index (χ1) is 9.69. The van der Waals surface area contributed by atoms with Crippen molar-refractivity contribution < 1.29 is 5.11 Å². The molecular weight excluding hydrogens is 314 g/mol. The van der Waals surface area contributed by atoms with Crippen LogP contribution in [0.25, 0.3) is 0 Å². The maximum absolute atomic E-state index is 10.1. The molecule has 0 bridgehead atoms. The van der Waals surface area contributed by atoms with Gasteiger partial charge >= 0.3 is 0 Å². The minimum atomic E-state index is -0.563. The summed E-state index contributed by atoms with van der Waals surface area (Å²) in [5.41, 5.74) is 0. The highest BCUT2D eigenvalue weighted by atomic mass is 35.5. The maximum Gasteiger partial charge on any atom is 0.191 e. The first kappa shape index (κ1) is 15.9. The Morgan fingerprint density at radius 2 is 2.40 bits per heavy atom. The molecule has 2 heterocycles. The van der Waals surface area contributed by atoms with E-state index in [2.05, 4.69) is 15.6 Å². The van der Waals surface area contributed by atoms with Crippen molar-refractivity contribution in [3.05, 3.63) is 21.3 Å². The molecule has 7 heteroatoms. The lowest BCUT2D eigenvalue weighted by Gasteiger charge is -2.16. The average Bonchev–Trinajstić information content (AvgIpc) is 3.10. The molecule has 1 saturated heterocycles. The van der Waals surface area contributed by atoms with Crippen molar-refractivity contribution in [2.75, 3.05) is 25.9 Å². The van der Waals surface area contributed by atoms with E-state index < -0.39 is 6.10 Å². The highest BCUT2D eigenvalue weighted by molar-refractivity contribution is 8.00. The Balaban J connectivity index is 1.72. The van der Waals surface area contributed by atoms with E-state index in [1.165, 1.54) is 29.9 Å². The number of hydrogen-bond acceptors (Lipinski definition) is 4. The normalized spacial score (nSPS) is 20.9. The number of aliphatic hydroxyl groups excluding tert-OH is 1. The predicted molar refractivity (Wildman–Crippen MR) is 89.1 cm³/mol. The predicted octanol–water partition coefficient (Wildman–Crippen LogP) is 2.50. The molecule has 4 nitrogen and oxygen atoms in total. The third-order valence-corrected chi connectivity index (χ3v) is 5.86. The molecule has 0 aromatic carbocycles. The Kier molecular flexibility index (Phi) is 6.48. The minimum Gasteiger partial charge on any atom is -0.386 e. The zero-order valence-corrected chi connectivity index (χ0v) is 13.8. The Morgan fingerprint density at radius 1 is 1.55 bits per heavy atom. The largest absolute Gasteiger partial charge is 0.386 e. The van der Waals surface area contributed by atoms with Crippen LogP contribution in [0.3, 0.4) is 0 Å². The fourth-order valence-electron chi connectivity index (χ4n) is 2.04. The van der Waals surface area contributed by atoms with Crippen LogP contribution in [-0.4, -0.2) is 42.2 Å². The van der Waals surface area contributed by atoms with Gasteiger partial charge in [-0.1, -0.05) is 11.6 Å². The van der Waals surface area contributed by atoms with Gasteiger partial charge in [-0.3, -0.25) is 4.99 Å². The number of nitrogens with one attached hydrogen (secondary N) is 2. The Bertz CT molecular complexity index is 447. The van der Waals surface area contributed by atoms with Gasteiger partial charge in [-0.2, -0.15) is 11.8 Å². The smallest absolute Gasteiger partial charge is 0.191 e. The summed E-state index contributed by atoms with van der Waals surface area (Å²) in [6.45, 7) is 1.35. The van der Waals surface area contributed by atoms with Crippen molar-refractivity contribution >= 4 is 40.7 Å². The number of aliphatic hydroxyl groups is 1. The van der Waals surface area contributed by atoms with E-state index in [0.29, 0.717) is 16.1 Å². The van der Waals surface area contributed by atoms with Crippen molar-refractivity contribution in [3.63, 3.8) is 0 Å². The minimum absolute atomic E-state index is 0.425. The van der Waals surface area contributed by atoms with E-state index in [0.717, 1.165) is 17.4 Å². The van der Waals surface area contributed by atoms with Crippen LogP contribution in [0.1, 0.15) is 23.8 Å². The van der Waals surface area contributed by atoms with Crippen LogP contribution in [0.4, 0.5) is 0 Å². The van der Waals surface area contributed by atoms with E-state index in [4.69, 9.17) is 11.6 Å². The van der Waals surface area contributed by atoms with Crippen LogP contribution >= 0.6 is 34.7 Å². The topological polar surface area (TPSA) is 56.7 Å². The Hall–Kier alpha value is -0.430. The average molecular weight is 334 g/mol. The van der Waals surface area contributed by atoms with Crippen molar-refractivity contribution in [2.24, 2.45) is 4.99 Å². The summed E-state index contributed by atoms with van der Waals surface area (Å²) in [6, 6.07) is 3.65. The number of guanidine groups is 1. The molecule has 1 fully saturated rings. The number of thiophene rings is 1. The highest BCUT2D eigenvalue weighted by Gasteiger charge is 2.16. The summed E-state index contributed by atoms with van der Waals surface area (Å²) >= 11 is 9.28. The molecule has 1 aromatic heterocycles. The maximum atomic E-state index is 10.1. The molecule has 2 unspecified atom stereocenters. The molecule has 2 rings (SSSR count). The SMILES string of the molecule is CN=C(NCC1CCCS1)NCC(O)c1ccc(Cl)s1. The van der Waals surface area contributed by atoms with Gasteiger partial charge in [0.05, 0.1) is 4.34 Å². The zero-order valence-electron chi connectivity index (χ0n) is 11.4. The van der Waals surface area contributed by atoms with E-state index in [1.807, 2.05) is 17.8 Å². The third-order valence-electron chi connectivity index (χ3n) is 3.13. The van der Waals surface area contributed by atoms with Crippen molar-refractivity contribution in [3.8, 4) is 0 Å². The van der Waals surface area contributed by atoms with Gasteiger partial charge in [0.1, 0.15) is 6.10 Å². The van der Waals surface area contributed by atoms with Gasteiger partial charge in [-0.25, -0.2) is 0 Å². The summed E-state index contributed by atoms with van der Waals surface area (Å²) in [6.07, 6.45) is 2.01. The number of hydrogen-bond donors (Lipinski definition) is 3. The number of halogens is 1. The molecule has 0 radical (unpaired) electrons. The highest BCUT2D eigenvalue weighted by Crippen LogP contribution is 2.26. The van der Waals surface area contributed by atoms with E-state index in [-0.39, 0.29) is 0 Å². The number of nitrogens with zero attached hydrogens (tertiary/aromatic N) is 1. The van der Waals surface area contributed by atoms with Crippen LogP contribution in [0.2, 0.25) is 4.34 Å². The van der Waals surface area contributed by atoms with E-state index >= 15 is 0 Å². The van der Waals surface area contributed by atoms with Crippen LogP contribution in [0.5, 0.6) is 0 Å². The molecule has 3 N–H and O–H groups in total. The number of rotatable bonds is 5. The van der Waals surface area contributed by atoms with E-state index in [1.54, 1.807) is 13.1 Å². The van der Waals surface area contributed by atoms with Crippen LogP contribution in [-0.2, 0) is 0 Å². The molecule has 0 amide bonds. The molecule has 2 atom stereocenters. The summed E-state index contributed by atoms with van der Waals surface area (Å²) < 4.78 is 0.694. The molecule has 1 aliphatic heterocycles. The van der Waals surface area contributed by atoms with Crippen molar-refractivity contribution in [1.82, 2.24) is 10.6 Å². The van der Waals surface area contributed by atoms with Crippen LogP contribution in [0, 0.1) is 0 Å². The fourth-order valence-corrected chi connectivity index (χ4v) is 4.29. The first-order valence-corrected chi connectivity index (χ1v) is 8.93. The summed E-state index contributed by atoms with van der Waals surface area (Å²) in [4.78, 5) is 5.04. The Labute approximate surface area is 133 Å². The molecule has 1 aliphatic rings. The van der Waals surface area contributed by atoms with Gasteiger partial charge in [0.2, 0.25) is 0 Å². The number of thioether (sulfide) groups is 1. The lowest BCUT2D eigenvalue weighted by atomic mass is 10.2. The monoisotopic (exact) mass is 333 g/mol. The number of aliphatic imine (C=N–C) groups is 1. The zero-order chi connectivity index (χ0) is 14.4. The van der Waals surface area contributed by atoms with Crippen molar-refractivity contribution in [1.29, 1.82) is 0 Å². The van der Waals surface area contributed by atoms with Gasteiger partial charge in [0.25, 0.3) is 0 Å². The second kappa shape index (κ2) is 8.12. The molecule has 112 valence electrons. The van der Waals surface area contributed by atoms with Gasteiger partial charge in [0, 0.05) is 30.3 Å². The second-order valence-corrected chi connectivity index (χ2v) is 7.78. The molecule has 0 saturated carbocycles. The molecular formula is C13H20ClN3OS2. The summed E-state index contributed by atoms with van der Waals surface area (Å²) in [7, 11) is 1.74. The van der Waals surface area contributed by atoms with Gasteiger partial charge in [0.15, 0.2) is 5.96 Å². The lowest BCUT2D eigenvalue weighted by molar-refractivity contribution is 0.184. The first-order valence-electron chi connectivity index (χ1n) is 6.68. The van der Waals surface area contributed by atoms with Gasteiger partial charge in [-0.05, 0) is 30.7 Å². The lowest BCUT2D eigenvalue weighted by Crippen LogP contribution is -2.41. The van der Waals surface area contributed by atoms with Gasteiger partial charge in [-0.15, -0.1) is 11.3 Å². The fraction of sp³-hybridized carbons (Fsp3) is 0.615. The summed E-state index contributed by atoms with van der Waals surface area (Å²) in [5.74, 6) is 2.00. The summed E-state index contributed by atoms with van der Waals surface area (Å²) in [5, 5.41) is 17.2. The van der Waals surface area contributed by atoms with Gasteiger partial charge < -0.3 is 15.7 Å². The quantitative estimate of drug-likeness (QED) is 0.572. The molecule has 20 heavy (non-hydrogen) atoms. The van der Waals surface area contributed by atoms with Crippen LogP contribution in [0.15, 0.2) is 17.1 Å². The molecule has 0 spiro atoms. The van der Waals surface area contributed by atoms with E-state index in [9.17, 15) is 5.11 Å². The Morgan fingerprint density at radius 3 is 3.00 bits per heavy atom. The standard InChI is InChI=1S/C13H20ClN3OS2/c1-15-13(16-7-9-3-2-6-19-9)17-8-10(18)11-4-5-12(14)20-11/h4-5,9-10,18H,2-3,6-8H2,1H3,(H2,15,16,17). The molecule has 0 aliphatic carbocycles. The van der Waals surface area contributed by atoms with Crippen molar-refractivity contribution in [2.45, 2.75) is 24.2 Å². The molecule has 1 aromatic rings.